The lowest BCUT2D eigenvalue weighted by molar-refractivity contribution is 0.794. The number of benzene rings is 12. The summed E-state index contributed by atoms with van der Waals surface area (Å²) in [5.74, 6) is 0. The Morgan fingerprint density at radius 3 is 1.28 bits per heavy atom. The van der Waals surface area contributed by atoms with Gasteiger partial charge in [0.25, 0.3) is 0 Å². The van der Waals surface area contributed by atoms with Crippen LogP contribution in [0.25, 0.3) is 93.5 Å². The maximum absolute atomic E-state index is 2.53. The van der Waals surface area contributed by atoms with E-state index in [2.05, 4.69) is 276 Å². The summed E-state index contributed by atoms with van der Waals surface area (Å²) in [5, 5.41) is 7.43. The molecule has 13 aromatic rings. The highest BCUT2D eigenvalue weighted by Crippen LogP contribution is 2.63. The molecule has 0 radical (unpaired) electrons. The molecule has 0 saturated heterocycles. The summed E-state index contributed by atoms with van der Waals surface area (Å²) < 4.78 is 2.38. The summed E-state index contributed by atoms with van der Waals surface area (Å²) in [6, 6.07) is 99.0. The predicted octanol–water partition coefficient (Wildman–Crippen LogP) is 18.2. The third-order valence-corrected chi connectivity index (χ3v) is 15.6. The average Bonchev–Trinajstić information content (AvgIpc) is 4.05. The summed E-state index contributed by atoms with van der Waals surface area (Å²) in [6.45, 7) is 0. The van der Waals surface area contributed by atoms with E-state index in [0.717, 1.165) is 22.7 Å². The monoisotopic (exact) mass is 900 g/mol. The van der Waals surface area contributed by atoms with Crippen LogP contribution < -0.4 is 4.90 Å². The van der Waals surface area contributed by atoms with Crippen LogP contribution >= 0.6 is 0 Å². The van der Waals surface area contributed by atoms with Gasteiger partial charge in [0.2, 0.25) is 0 Å². The lowest BCUT2D eigenvalue weighted by Crippen LogP contribution is -2.25. The van der Waals surface area contributed by atoms with Crippen molar-refractivity contribution in [1.29, 1.82) is 0 Å². The normalized spacial score (nSPS) is 12.9. The first-order chi connectivity index (χ1) is 35.3. The van der Waals surface area contributed by atoms with Crippen molar-refractivity contribution >= 4 is 60.4 Å². The van der Waals surface area contributed by atoms with Gasteiger partial charge in [0.1, 0.15) is 0 Å². The number of anilines is 3. The van der Waals surface area contributed by atoms with Crippen LogP contribution in [0, 0.1) is 0 Å². The lowest BCUT2D eigenvalue weighted by atomic mass is 9.70. The highest BCUT2D eigenvalue weighted by Gasteiger charge is 2.51. The number of hydrogen-bond acceptors (Lipinski definition) is 1. The summed E-state index contributed by atoms with van der Waals surface area (Å²) in [7, 11) is 0. The molecule has 0 amide bonds. The highest BCUT2D eigenvalue weighted by atomic mass is 15.1. The summed E-state index contributed by atoms with van der Waals surface area (Å²) in [6.07, 6.45) is 0. The van der Waals surface area contributed by atoms with Crippen molar-refractivity contribution in [2.24, 2.45) is 0 Å². The highest BCUT2D eigenvalue weighted by molar-refractivity contribution is 6.22. The first kappa shape index (κ1) is 39.7. The summed E-state index contributed by atoms with van der Waals surface area (Å²) in [4.78, 5) is 2.39. The average molecular weight is 901 g/mol. The van der Waals surface area contributed by atoms with Gasteiger partial charge in [-0.1, -0.05) is 200 Å². The van der Waals surface area contributed by atoms with Gasteiger partial charge < -0.3 is 9.47 Å². The zero-order valence-electron chi connectivity index (χ0n) is 38.8. The predicted molar refractivity (Wildman–Crippen MR) is 298 cm³/mol. The van der Waals surface area contributed by atoms with E-state index in [1.807, 2.05) is 0 Å². The van der Waals surface area contributed by atoms with Crippen molar-refractivity contribution in [1.82, 2.24) is 4.57 Å². The van der Waals surface area contributed by atoms with E-state index in [9.17, 15) is 0 Å². The smallest absolute Gasteiger partial charge is 0.0725 e. The number of fused-ring (bicyclic) bond motifs is 15. The molecule has 12 aromatic carbocycles. The second-order valence-electron chi connectivity index (χ2n) is 19.1. The molecule has 2 aliphatic carbocycles. The molecule has 0 atom stereocenters. The van der Waals surface area contributed by atoms with Crippen molar-refractivity contribution in [2.45, 2.75) is 5.41 Å². The third-order valence-electron chi connectivity index (χ3n) is 15.6. The van der Waals surface area contributed by atoms with E-state index in [1.54, 1.807) is 0 Å². The standard InChI is InChI=1S/C69H44N2/c1-3-19-47(20-4-1)70(50-40-42-66-60(44-50)55-26-14-18-34-65(55)71(66)48-21-5-2-6-22-48)49-38-35-45(36-39-49)67-56-27-7-9-29-58(56)68(59-30-10-8-28-57(59)67)46-37-41-54-53-25-13-17-33-63(53)69(64(54)43-46)61-31-15-11-23-51(61)52-24-12-16-32-62(52)69/h1-44H. The Bertz CT molecular complexity index is 4160. The molecule has 1 aromatic heterocycles. The van der Waals surface area contributed by atoms with Gasteiger partial charge >= 0.3 is 0 Å². The Balaban J connectivity index is 0.892. The molecule has 0 N–H and O–H groups in total. The first-order valence-electron chi connectivity index (χ1n) is 24.7. The van der Waals surface area contributed by atoms with E-state index in [1.165, 1.54) is 110 Å². The molecule has 0 bridgehead atoms. The Labute approximate surface area is 412 Å². The minimum absolute atomic E-state index is 0.414. The van der Waals surface area contributed by atoms with E-state index < -0.39 is 5.41 Å². The van der Waals surface area contributed by atoms with Crippen LogP contribution in [0.1, 0.15) is 22.3 Å². The number of para-hydroxylation sites is 3. The van der Waals surface area contributed by atoms with E-state index in [-0.39, 0.29) is 0 Å². The van der Waals surface area contributed by atoms with Crippen molar-refractivity contribution in [3.05, 3.63) is 289 Å². The molecule has 1 heterocycles. The van der Waals surface area contributed by atoms with Crippen LogP contribution in [0.3, 0.4) is 0 Å². The van der Waals surface area contributed by atoms with Gasteiger partial charge in [0.15, 0.2) is 0 Å². The second-order valence-corrected chi connectivity index (χ2v) is 19.1. The maximum atomic E-state index is 2.53. The first-order valence-corrected chi connectivity index (χ1v) is 24.7. The SMILES string of the molecule is c1ccc(N(c2ccc(-c3c4ccccc4c(-c4ccc5c(c4)C4(c6ccccc6-c6ccccc64)c4ccccc4-5)c4ccccc34)cc2)c2ccc3c(c2)c2ccccc2n3-c2ccccc2)cc1. The molecule has 2 heteroatoms. The van der Waals surface area contributed by atoms with Crippen LogP contribution in [0.2, 0.25) is 0 Å². The van der Waals surface area contributed by atoms with Crippen LogP contribution in [-0.2, 0) is 5.41 Å². The van der Waals surface area contributed by atoms with E-state index in [0.29, 0.717) is 0 Å². The van der Waals surface area contributed by atoms with Gasteiger partial charge in [0.05, 0.1) is 16.4 Å². The molecule has 2 nitrogen and oxygen atoms in total. The zero-order chi connectivity index (χ0) is 46.6. The Morgan fingerprint density at radius 2 is 0.690 bits per heavy atom. The van der Waals surface area contributed by atoms with Crippen LogP contribution in [0.5, 0.6) is 0 Å². The topological polar surface area (TPSA) is 8.17 Å². The molecule has 15 rings (SSSR count). The molecule has 330 valence electrons. The zero-order valence-corrected chi connectivity index (χ0v) is 38.8. The summed E-state index contributed by atoms with van der Waals surface area (Å²) >= 11 is 0. The van der Waals surface area contributed by atoms with Gasteiger partial charge in [-0.15, -0.1) is 0 Å². The minimum Gasteiger partial charge on any atom is -0.310 e. The molecule has 2 aliphatic rings. The van der Waals surface area contributed by atoms with Gasteiger partial charge in [0, 0.05) is 33.5 Å². The van der Waals surface area contributed by atoms with Crippen molar-refractivity contribution in [3.8, 4) is 50.2 Å². The van der Waals surface area contributed by atoms with Gasteiger partial charge in [-0.3, -0.25) is 0 Å². The fraction of sp³-hybridized carbons (Fsp3) is 0.0145. The fourth-order valence-corrected chi connectivity index (χ4v) is 12.8. The molecular formula is C69H44N2. The van der Waals surface area contributed by atoms with Crippen LogP contribution in [0.15, 0.2) is 267 Å². The van der Waals surface area contributed by atoms with Crippen LogP contribution in [0.4, 0.5) is 17.1 Å². The Kier molecular flexibility index (Phi) is 8.61. The van der Waals surface area contributed by atoms with Gasteiger partial charge in [-0.2, -0.15) is 0 Å². The molecule has 0 saturated carbocycles. The second kappa shape index (κ2) is 15.4. The van der Waals surface area contributed by atoms with E-state index in [4.69, 9.17) is 0 Å². The molecule has 1 spiro atoms. The number of hydrogen-bond donors (Lipinski definition) is 0. The molecule has 0 fully saturated rings. The molecule has 71 heavy (non-hydrogen) atoms. The quantitative estimate of drug-likeness (QED) is 0.151. The molecule has 0 unspecified atom stereocenters. The Hall–Kier alpha value is -9.24. The summed E-state index contributed by atoms with van der Waals surface area (Å²) in [5.41, 5.74) is 22.1. The number of nitrogens with zero attached hydrogens (tertiary/aromatic N) is 2. The molecule has 0 aliphatic heterocycles. The van der Waals surface area contributed by atoms with Gasteiger partial charge in [-0.05, 0) is 155 Å². The lowest BCUT2D eigenvalue weighted by Gasteiger charge is -2.31. The Morgan fingerprint density at radius 1 is 0.268 bits per heavy atom. The fourth-order valence-electron chi connectivity index (χ4n) is 12.8. The van der Waals surface area contributed by atoms with Crippen molar-refractivity contribution in [2.75, 3.05) is 4.90 Å². The third kappa shape index (κ3) is 5.65. The maximum Gasteiger partial charge on any atom is 0.0725 e. The van der Waals surface area contributed by atoms with Gasteiger partial charge in [-0.25, -0.2) is 0 Å². The number of rotatable bonds is 6. The van der Waals surface area contributed by atoms with Crippen molar-refractivity contribution in [3.63, 3.8) is 0 Å². The minimum atomic E-state index is -0.414. The van der Waals surface area contributed by atoms with Crippen LogP contribution in [-0.4, -0.2) is 4.57 Å². The van der Waals surface area contributed by atoms with E-state index >= 15 is 0 Å². The number of aromatic nitrogens is 1. The molecular weight excluding hydrogens is 857 g/mol. The largest absolute Gasteiger partial charge is 0.310 e. The van der Waals surface area contributed by atoms with Crippen molar-refractivity contribution < 1.29 is 0 Å².